The first-order valence-corrected chi connectivity index (χ1v) is 15.8. The van der Waals surface area contributed by atoms with Gasteiger partial charge in [-0.2, -0.15) is 0 Å². The van der Waals surface area contributed by atoms with Crippen LogP contribution in [0.2, 0.25) is 0 Å². The number of pyridine rings is 1. The van der Waals surface area contributed by atoms with Crippen LogP contribution in [-0.4, -0.2) is 47.6 Å². The van der Waals surface area contributed by atoms with Gasteiger partial charge in [-0.15, -0.1) is 0 Å². The molecule has 2 aromatic heterocycles. The van der Waals surface area contributed by atoms with Gasteiger partial charge in [0.1, 0.15) is 30.3 Å². The minimum absolute atomic E-state index is 0.0615. The van der Waals surface area contributed by atoms with E-state index < -0.39 is 20.7 Å². The van der Waals surface area contributed by atoms with Crippen molar-refractivity contribution in [1.29, 1.82) is 0 Å². The first kappa shape index (κ1) is 29.9. The lowest BCUT2D eigenvalue weighted by atomic mass is 9.96. The third kappa shape index (κ3) is 6.88. The summed E-state index contributed by atoms with van der Waals surface area (Å²) in [6, 6.07) is 13.7. The summed E-state index contributed by atoms with van der Waals surface area (Å²) in [5.74, 6) is 0.800. The van der Waals surface area contributed by atoms with E-state index in [4.69, 9.17) is 14.2 Å². The fourth-order valence-corrected chi connectivity index (χ4v) is 5.69. The maximum Gasteiger partial charge on any atom is 0.176 e. The molecule has 0 saturated heterocycles. The Morgan fingerprint density at radius 2 is 2.00 bits per heavy atom. The fraction of sp³-hybridized carbons (Fsp3) is 0.300. The molecule has 12 heteroatoms. The average molecular weight is 658 g/mol. The molecule has 42 heavy (non-hydrogen) atoms. The van der Waals surface area contributed by atoms with Gasteiger partial charge in [-0.3, -0.25) is 4.98 Å². The van der Waals surface area contributed by atoms with Crippen molar-refractivity contribution in [2.45, 2.75) is 37.7 Å². The molecule has 4 aromatic rings. The number of fused-ring (bicyclic) bond motifs is 1. The van der Waals surface area contributed by atoms with Crippen molar-refractivity contribution in [3.05, 3.63) is 94.9 Å². The summed E-state index contributed by atoms with van der Waals surface area (Å²) in [6.45, 7) is 3.73. The fourth-order valence-electron chi connectivity index (χ4n) is 4.37. The van der Waals surface area contributed by atoms with Crippen LogP contribution >= 0.6 is 15.9 Å². The van der Waals surface area contributed by atoms with Crippen LogP contribution in [0.25, 0.3) is 10.9 Å². The van der Waals surface area contributed by atoms with Crippen molar-refractivity contribution in [2.24, 2.45) is 0 Å². The smallest absolute Gasteiger partial charge is 0.176 e. The zero-order chi connectivity index (χ0) is 29.7. The zero-order valence-corrected chi connectivity index (χ0v) is 25.5. The van der Waals surface area contributed by atoms with E-state index in [1.807, 2.05) is 30.3 Å². The number of halogens is 2. The SMILES string of the molecule is CC(C)S(=O)(=O)CCOCC1(c2cc3c(Nc4ccc(OCc5cccc(F)c5)c(Br)c4)ncnc3cn2)CC=CO1. The molecule has 0 radical (unpaired) electrons. The standard InChI is InChI=1S/C30H30BrFN4O5S/c1-20(2)42(37,38)12-11-39-18-30(9-4-10-41-30)28-15-24-26(16-33-28)34-19-35-29(24)36-23-7-8-27(25(31)14-23)40-17-21-5-3-6-22(32)13-21/h3-8,10,13-16,19-20H,9,11-12,17-18H2,1-2H3,(H,34,35,36). The third-order valence-corrected chi connectivity index (χ3v) is 9.66. The van der Waals surface area contributed by atoms with Crippen LogP contribution in [0, 0.1) is 5.82 Å². The van der Waals surface area contributed by atoms with E-state index in [1.54, 1.807) is 38.4 Å². The van der Waals surface area contributed by atoms with E-state index >= 15 is 0 Å². The molecule has 1 aliphatic rings. The Hall–Kier alpha value is -3.61. The second-order valence-electron chi connectivity index (χ2n) is 10.2. The number of benzene rings is 2. The highest BCUT2D eigenvalue weighted by molar-refractivity contribution is 9.10. The largest absolute Gasteiger partial charge is 0.488 e. The quantitative estimate of drug-likeness (QED) is 0.178. The molecule has 220 valence electrons. The molecule has 1 N–H and O–H groups in total. The van der Waals surface area contributed by atoms with Gasteiger partial charge in [-0.25, -0.2) is 22.8 Å². The van der Waals surface area contributed by atoms with Crippen LogP contribution in [0.3, 0.4) is 0 Å². The van der Waals surface area contributed by atoms with E-state index in [1.165, 1.54) is 18.5 Å². The van der Waals surface area contributed by atoms with Crippen molar-refractivity contribution in [3.63, 3.8) is 0 Å². The van der Waals surface area contributed by atoms with Crippen molar-refractivity contribution in [3.8, 4) is 5.75 Å². The topological polar surface area (TPSA) is 113 Å². The number of nitrogens with zero attached hydrogens (tertiary/aromatic N) is 3. The summed E-state index contributed by atoms with van der Waals surface area (Å²) < 4.78 is 56.2. The van der Waals surface area contributed by atoms with Crippen molar-refractivity contribution >= 4 is 48.2 Å². The number of sulfone groups is 1. The molecule has 1 unspecified atom stereocenters. The molecule has 0 bridgehead atoms. The zero-order valence-electron chi connectivity index (χ0n) is 23.1. The maximum atomic E-state index is 13.5. The Bertz CT molecular complexity index is 1710. The maximum absolute atomic E-state index is 13.5. The van der Waals surface area contributed by atoms with Crippen LogP contribution in [0.4, 0.5) is 15.9 Å². The molecule has 0 aliphatic carbocycles. The second-order valence-corrected chi connectivity index (χ2v) is 13.7. The summed E-state index contributed by atoms with van der Waals surface area (Å²) in [6.07, 6.45) is 7.12. The van der Waals surface area contributed by atoms with Crippen molar-refractivity contribution < 1.29 is 27.0 Å². The predicted molar refractivity (Wildman–Crippen MR) is 162 cm³/mol. The molecule has 0 fully saturated rings. The van der Waals surface area contributed by atoms with Crippen LogP contribution in [0.15, 0.2) is 77.9 Å². The number of ether oxygens (including phenoxy) is 3. The van der Waals surface area contributed by atoms with Gasteiger partial charge in [0.25, 0.3) is 0 Å². The van der Waals surface area contributed by atoms with Gasteiger partial charge < -0.3 is 19.5 Å². The summed E-state index contributed by atoms with van der Waals surface area (Å²) >= 11 is 3.55. The van der Waals surface area contributed by atoms with Gasteiger partial charge in [0.15, 0.2) is 15.4 Å². The van der Waals surface area contributed by atoms with Crippen molar-refractivity contribution in [1.82, 2.24) is 15.0 Å². The van der Waals surface area contributed by atoms with Crippen LogP contribution in [0.1, 0.15) is 31.5 Å². The Balaban J connectivity index is 1.32. The number of nitrogens with one attached hydrogen (secondary N) is 1. The molecular weight excluding hydrogens is 627 g/mol. The van der Waals surface area contributed by atoms with E-state index in [2.05, 4.69) is 36.2 Å². The molecule has 0 spiro atoms. The normalized spacial score (nSPS) is 16.6. The monoisotopic (exact) mass is 656 g/mol. The molecule has 5 rings (SSSR count). The Morgan fingerprint density at radius 3 is 2.74 bits per heavy atom. The van der Waals surface area contributed by atoms with Gasteiger partial charge in [-0.1, -0.05) is 12.1 Å². The molecule has 0 saturated carbocycles. The second kappa shape index (κ2) is 12.7. The predicted octanol–water partition coefficient (Wildman–Crippen LogP) is 6.22. The van der Waals surface area contributed by atoms with Gasteiger partial charge in [-0.05, 0) is 77.8 Å². The number of rotatable bonds is 12. The molecule has 9 nitrogen and oxygen atoms in total. The Labute approximate surface area is 252 Å². The van der Waals surface area contributed by atoms with E-state index in [9.17, 15) is 12.8 Å². The third-order valence-electron chi connectivity index (χ3n) is 6.87. The van der Waals surface area contributed by atoms with Crippen LogP contribution in [-0.2, 0) is 31.5 Å². The highest BCUT2D eigenvalue weighted by atomic mass is 79.9. The van der Waals surface area contributed by atoms with Gasteiger partial charge in [0, 0.05) is 17.5 Å². The van der Waals surface area contributed by atoms with Crippen LogP contribution < -0.4 is 10.1 Å². The van der Waals surface area contributed by atoms with Gasteiger partial charge >= 0.3 is 0 Å². The first-order chi connectivity index (χ1) is 20.1. The van der Waals surface area contributed by atoms with E-state index in [0.29, 0.717) is 33.7 Å². The molecule has 1 aliphatic heterocycles. The summed E-state index contributed by atoms with van der Waals surface area (Å²) in [7, 11) is -3.21. The first-order valence-electron chi connectivity index (χ1n) is 13.3. The number of hydrogen-bond donors (Lipinski definition) is 1. The molecule has 3 heterocycles. The lowest BCUT2D eigenvalue weighted by Crippen LogP contribution is -2.33. The van der Waals surface area contributed by atoms with Crippen LogP contribution in [0.5, 0.6) is 5.75 Å². The lowest BCUT2D eigenvalue weighted by molar-refractivity contribution is -0.0446. The Kier molecular flexibility index (Phi) is 9.05. The minimum atomic E-state index is -3.21. The Morgan fingerprint density at radius 1 is 1.14 bits per heavy atom. The number of anilines is 2. The highest BCUT2D eigenvalue weighted by Crippen LogP contribution is 2.37. The number of hydrogen-bond acceptors (Lipinski definition) is 9. The highest BCUT2D eigenvalue weighted by Gasteiger charge is 2.38. The summed E-state index contributed by atoms with van der Waals surface area (Å²) in [5.41, 5.74) is 1.84. The number of aromatic nitrogens is 3. The summed E-state index contributed by atoms with van der Waals surface area (Å²) in [4.78, 5) is 13.4. The minimum Gasteiger partial charge on any atom is -0.488 e. The van der Waals surface area contributed by atoms with Gasteiger partial charge in [0.2, 0.25) is 0 Å². The van der Waals surface area contributed by atoms with Crippen molar-refractivity contribution in [2.75, 3.05) is 24.3 Å². The average Bonchev–Trinajstić information content (AvgIpc) is 3.45. The molecule has 0 amide bonds. The van der Waals surface area contributed by atoms with E-state index in [-0.39, 0.29) is 31.4 Å². The molecule has 2 aromatic carbocycles. The van der Waals surface area contributed by atoms with Gasteiger partial charge in [0.05, 0.1) is 52.4 Å². The molecular formula is C30H30BrFN4O5S. The van der Waals surface area contributed by atoms with E-state index in [0.717, 1.165) is 16.6 Å². The molecule has 1 atom stereocenters. The lowest BCUT2D eigenvalue weighted by Gasteiger charge is -2.28. The summed E-state index contributed by atoms with van der Waals surface area (Å²) in [5, 5.41) is 3.60.